The first-order valence-electron chi connectivity index (χ1n) is 6.84. The highest BCUT2D eigenvalue weighted by molar-refractivity contribution is 5.41. The van der Waals surface area contributed by atoms with Crippen LogP contribution in [0, 0.1) is 13.8 Å². The van der Waals surface area contributed by atoms with Gasteiger partial charge in [0.05, 0.1) is 0 Å². The summed E-state index contributed by atoms with van der Waals surface area (Å²) in [6, 6.07) is 14.4. The summed E-state index contributed by atoms with van der Waals surface area (Å²) < 4.78 is 0. The van der Waals surface area contributed by atoms with Crippen LogP contribution in [0.4, 0.5) is 0 Å². The molecular weight excluding hydrogens is 232 g/mol. The summed E-state index contributed by atoms with van der Waals surface area (Å²) >= 11 is 0. The lowest BCUT2D eigenvalue weighted by Gasteiger charge is -2.17. The molecule has 1 N–H and O–H groups in total. The van der Waals surface area contributed by atoms with E-state index in [1.807, 2.05) is 44.2 Å². The SMILES string of the molecule is Cc1cccc(C)c1C(O)c1ccc(C(C)C)cc1. The molecule has 0 aliphatic heterocycles. The second-order valence-corrected chi connectivity index (χ2v) is 5.53. The Morgan fingerprint density at radius 1 is 0.789 bits per heavy atom. The number of hydrogen-bond acceptors (Lipinski definition) is 1. The molecule has 0 aliphatic carbocycles. The maximum atomic E-state index is 10.6. The summed E-state index contributed by atoms with van der Waals surface area (Å²) in [5.74, 6) is 0.520. The van der Waals surface area contributed by atoms with E-state index >= 15 is 0 Å². The van der Waals surface area contributed by atoms with Gasteiger partial charge in [0, 0.05) is 0 Å². The zero-order chi connectivity index (χ0) is 14.0. The van der Waals surface area contributed by atoms with E-state index in [2.05, 4.69) is 26.0 Å². The number of benzene rings is 2. The summed E-state index contributed by atoms with van der Waals surface area (Å²) in [5, 5.41) is 10.6. The Kier molecular flexibility index (Phi) is 4.06. The van der Waals surface area contributed by atoms with Crippen LogP contribution in [-0.4, -0.2) is 5.11 Å². The highest BCUT2D eigenvalue weighted by atomic mass is 16.3. The van der Waals surface area contributed by atoms with Gasteiger partial charge in [0.25, 0.3) is 0 Å². The van der Waals surface area contributed by atoms with E-state index in [-0.39, 0.29) is 0 Å². The lowest BCUT2D eigenvalue weighted by molar-refractivity contribution is 0.218. The van der Waals surface area contributed by atoms with Crippen LogP contribution in [-0.2, 0) is 0 Å². The lowest BCUT2D eigenvalue weighted by Crippen LogP contribution is -2.04. The van der Waals surface area contributed by atoms with Gasteiger partial charge in [-0.25, -0.2) is 0 Å². The minimum absolute atomic E-state index is 0.520. The van der Waals surface area contributed by atoms with E-state index in [1.54, 1.807) is 0 Å². The molecule has 100 valence electrons. The van der Waals surface area contributed by atoms with E-state index in [0.29, 0.717) is 5.92 Å². The second-order valence-electron chi connectivity index (χ2n) is 5.53. The number of aryl methyl sites for hydroxylation is 2. The zero-order valence-electron chi connectivity index (χ0n) is 12.1. The first-order valence-corrected chi connectivity index (χ1v) is 6.84. The summed E-state index contributed by atoms with van der Waals surface area (Å²) in [4.78, 5) is 0. The first-order chi connectivity index (χ1) is 9.00. The Bertz CT molecular complexity index is 532. The largest absolute Gasteiger partial charge is 0.384 e. The van der Waals surface area contributed by atoms with Crippen molar-refractivity contribution in [1.82, 2.24) is 0 Å². The quantitative estimate of drug-likeness (QED) is 0.854. The third-order valence-electron chi connectivity index (χ3n) is 3.73. The molecule has 2 rings (SSSR count). The standard InChI is InChI=1S/C18H22O/c1-12(2)15-8-10-16(11-9-15)18(19)17-13(3)6-5-7-14(17)4/h5-12,18-19H,1-4H3. The zero-order valence-corrected chi connectivity index (χ0v) is 12.1. The van der Waals surface area contributed by atoms with E-state index in [0.717, 1.165) is 22.3 Å². The molecule has 0 aliphatic rings. The first kappa shape index (κ1) is 13.8. The molecule has 2 aromatic carbocycles. The minimum atomic E-state index is -0.539. The Labute approximate surface area is 115 Å². The van der Waals surface area contributed by atoms with Crippen LogP contribution < -0.4 is 0 Å². The van der Waals surface area contributed by atoms with Gasteiger partial charge in [-0.15, -0.1) is 0 Å². The monoisotopic (exact) mass is 254 g/mol. The lowest BCUT2D eigenvalue weighted by atomic mass is 9.92. The molecular formula is C18H22O. The molecule has 0 aromatic heterocycles. The van der Waals surface area contributed by atoms with Crippen molar-refractivity contribution in [3.63, 3.8) is 0 Å². The second kappa shape index (κ2) is 5.58. The molecule has 1 unspecified atom stereocenters. The maximum Gasteiger partial charge on any atom is 0.105 e. The molecule has 2 aromatic rings. The molecule has 19 heavy (non-hydrogen) atoms. The highest BCUT2D eigenvalue weighted by Crippen LogP contribution is 2.28. The van der Waals surface area contributed by atoms with Crippen molar-refractivity contribution in [3.05, 3.63) is 70.3 Å². The number of rotatable bonds is 3. The fourth-order valence-corrected chi connectivity index (χ4v) is 2.49. The van der Waals surface area contributed by atoms with E-state index in [1.165, 1.54) is 5.56 Å². The average molecular weight is 254 g/mol. The van der Waals surface area contributed by atoms with Crippen molar-refractivity contribution in [2.75, 3.05) is 0 Å². The molecule has 0 spiro atoms. The predicted molar refractivity (Wildman–Crippen MR) is 80.5 cm³/mol. The van der Waals surface area contributed by atoms with Crippen LogP contribution in [0.15, 0.2) is 42.5 Å². The molecule has 0 radical (unpaired) electrons. The van der Waals surface area contributed by atoms with Gasteiger partial charge in [0.2, 0.25) is 0 Å². The van der Waals surface area contributed by atoms with Crippen LogP contribution in [0.5, 0.6) is 0 Å². The number of aliphatic hydroxyl groups excluding tert-OH is 1. The molecule has 0 saturated heterocycles. The van der Waals surface area contributed by atoms with Crippen molar-refractivity contribution in [2.45, 2.75) is 39.7 Å². The molecule has 0 fully saturated rings. The van der Waals surface area contributed by atoms with Gasteiger partial charge in [-0.05, 0) is 47.6 Å². The topological polar surface area (TPSA) is 20.2 Å². The van der Waals surface area contributed by atoms with E-state index in [9.17, 15) is 5.11 Å². The van der Waals surface area contributed by atoms with Gasteiger partial charge < -0.3 is 5.11 Å². The Balaban J connectivity index is 2.36. The molecule has 0 bridgehead atoms. The van der Waals surface area contributed by atoms with Crippen molar-refractivity contribution < 1.29 is 5.11 Å². The molecule has 1 atom stereocenters. The van der Waals surface area contributed by atoms with E-state index in [4.69, 9.17) is 0 Å². The molecule has 0 heterocycles. The Morgan fingerprint density at radius 3 is 1.74 bits per heavy atom. The average Bonchev–Trinajstić information content (AvgIpc) is 2.38. The summed E-state index contributed by atoms with van der Waals surface area (Å²) in [6.45, 7) is 8.45. The van der Waals surface area contributed by atoms with Crippen LogP contribution >= 0.6 is 0 Å². The van der Waals surface area contributed by atoms with E-state index < -0.39 is 6.10 Å². The fourth-order valence-electron chi connectivity index (χ4n) is 2.49. The third kappa shape index (κ3) is 2.87. The molecule has 1 heteroatoms. The number of hydrogen-bond donors (Lipinski definition) is 1. The molecule has 1 nitrogen and oxygen atoms in total. The Morgan fingerprint density at radius 2 is 1.26 bits per heavy atom. The van der Waals surface area contributed by atoms with Gasteiger partial charge in [-0.1, -0.05) is 56.3 Å². The van der Waals surface area contributed by atoms with Crippen LogP contribution in [0.25, 0.3) is 0 Å². The van der Waals surface area contributed by atoms with Gasteiger partial charge in [0.15, 0.2) is 0 Å². The Hall–Kier alpha value is -1.60. The summed E-state index contributed by atoms with van der Waals surface area (Å²) in [7, 11) is 0. The number of aliphatic hydroxyl groups is 1. The highest BCUT2D eigenvalue weighted by Gasteiger charge is 2.15. The fraction of sp³-hybridized carbons (Fsp3) is 0.333. The van der Waals surface area contributed by atoms with Crippen LogP contribution in [0.3, 0.4) is 0 Å². The summed E-state index contributed by atoms with van der Waals surface area (Å²) in [5.41, 5.74) is 5.57. The normalized spacial score (nSPS) is 12.7. The van der Waals surface area contributed by atoms with Gasteiger partial charge in [0.1, 0.15) is 6.10 Å². The van der Waals surface area contributed by atoms with Gasteiger partial charge in [-0.3, -0.25) is 0 Å². The van der Waals surface area contributed by atoms with Crippen molar-refractivity contribution in [2.24, 2.45) is 0 Å². The van der Waals surface area contributed by atoms with Gasteiger partial charge >= 0.3 is 0 Å². The van der Waals surface area contributed by atoms with Crippen molar-refractivity contribution in [3.8, 4) is 0 Å². The van der Waals surface area contributed by atoms with Crippen molar-refractivity contribution >= 4 is 0 Å². The minimum Gasteiger partial charge on any atom is -0.384 e. The summed E-state index contributed by atoms with van der Waals surface area (Å²) in [6.07, 6.45) is -0.539. The van der Waals surface area contributed by atoms with Crippen molar-refractivity contribution in [1.29, 1.82) is 0 Å². The predicted octanol–water partition coefficient (Wildman–Crippen LogP) is 4.51. The smallest absolute Gasteiger partial charge is 0.105 e. The molecule has 0 saturated carbocycles. The van der Waals surface area contributed by atoms with Crippen LogP contribution in [0.1, 0.15) is 53.7 Å². The van der Waals surface area contributed by atoms with Gasteiger partial charge in [-0.2, -0.15) is 0 Å². The maximum absolute atomic E-state index is 10.6. The molecule has 0 amide bonds. The third-order valence-corrected chi connectivity index (χ3v) is 3.73. The van der Waals surface area contributed by atoms with Crippen LogP contribution in [0.2, 0.25) is 0 Å².